The molecule has 0 atom stereocenters. The molecule has 0 aliphatic heterocycles. The third-order valence-corrected chi connectivity index (χ3v) is 5.42. The maximum absolute atomic E-state index is 13.0. The number of aryl methyl sites for hydroxylation is 1. The Morgan fingerprint density at radius 2 is 1.66 bits per heavy atom. The van der Waals surface area contributed by atoms with Gasteiger partial charge in [0.25, 0.3) is 5.91 Å². The minimum Gasteiger partial charge on any atom is -0.493 e. The maximum Gasteiger partial charge on any atom is 0.270 e. The van der Waals surface area contributed by atoms with Crippen molar-refractivity contribution in [2.45, 2.75) is 12.8 Å². The Morgan fingerprint density at radius 3 is 2.31 bits per heavy atom. The maximum atomic E-state index is 13.0. The van der Waals surface area contributed by atoms with Crippen molar-refractivity contribution in [3.05, 3.63) is 72.0 Å². The van der Waals surface area contributed by atoms with Crippen LogP contribution in [0, 0.1) is 0 Å². The van der Waals surface area contributed by atoms with E-state index in [2.05, 4.69) is 15.8 Å². The number of para-hydroxylation sites is 1. The van der Waals surface area contributed by atoms with Gasteiger partial charge in [0.2, 0.25) is 11.7 Å². The molecule has 9 nitrogen and oxygen atoms in total. The summed E-state index contributed by atoms with van der Waals surface area (Å²) in [5.41, 5.74) is 7.33. The molecule has 0 aliphatic carbocycles. The molecule has 0 fully saturated rings. The first-order valence-corrected chi connectivity index (χ1v) is 10.9. The molecule has 0 saturated carbocycles. The Bertz CT molecular complexity index is 1330. The minimum atomic E-state index is -0.461. The van der Waals surface area contributed by atoms with Crippen molar-refractivity contribution in [1.82, 2.24) is 15.8 Å². The normalized spacial score (nSPS) is 10.6. The van der Waals surface area contributed by atoms with Crippen molar-refractivity contribution in [1.29, 1.82) is 0 Å². The number of pyridine rings is 1. The first-order valence-electron chi connectivity index (χ1n) is 10.9. The average molecular weight is 476 g/mol. The standard InChI is InChI=1S/C26H25N3O6/c1-32-22-13-16(14-23(33-2)25(22)34-3)10-11-24(30)28-29-26(31)18-15-20(21-9-6-12-35-21)27-19-8-5-4-7-17(18)19/h4-9,12-15H,10-11H2,1-3H3,(H,28,30)(H,29,31). The van der Waals surface area contributed by atoms with Gasteiger partial charge in [-0.25, -0.2) is 4.98 Å². The van der Waals surface area contributed by atoms with Crippen molar-refractivity contribution < 1.29 is 28.2 Å². The number of nitrogens with one attached hydrogen (secondary N) is 2. The lowest BCUT2D eigenvalue weighted by atomic mass is 10.1. The van der Waals surface area contributed by atoms with Crippen molar-refractivity contribution in [3.8, 4) is 28.7 Å². The fourth-order valence-corrected chi connectivity index (χ4v) is 3.71. The van der Waals surface area contributed by atoms with E-state index in [4.69, 9.17) is 18.6 Å². The lowest BCUT2D eigenvalue weighted by Gasteiger charge is -2.14. The summed E-state index contributed by atoms with van der Waals surface area (Å²) in [6, 6.07) is 16.0. The van der Waals surface area contributed by atoms with Crippen LogP contribution in [0.3, 0.4) is 0 Å². The molecule has 35 heavy (non-hydrogen) atoms. The van der Waals surface area contributed by atoms with E-state index in [-0.39, 0.29) is 12.3 Å². The second-order valence-electron chi connectivity index (χ2n) is 7.59. The van der Waals surface area contributed by atoms with Gasteiger partial charge in [0.05, 0.1) is 38.7 Å². The summed E-state index contributed by atoms with van der Waals surface area (Å²) in [7, 11) is 4.59. The fraction of sp³-hybridized carbons (Fsp3) is 0.192. The number of hydrogen-bond acceptors (Lipinski definition) is 7. The molecule has 2 N–H and O–H groups in total. The number of aromatic nitrogens is 1. The Kier molecular flexibility index (Phi) is 7.15. The van der Waals surface area contributed by atoms with Gasteiger partial charge < -0.3 is 18.6 Å². The number of nitrogens with zero attached hydrogens (tertiary/aromatic N) is 1. The summed E-state index contributed by atoms with van der Waals surface area (Å²) in [5.74, 6) is 1.22. The summed E-state index contributed by atoms with van der Waals surface area (Å²) in [4.78, 5) is 30.0. The van der Waals surface area contributed by atoms with E-state index in [0.717, 1.165) is 5.56 Å². The summed E-state index contributed by atoms with van der Waals surface area (Å²) in [6.45, 7) is 0. The SMILES string of the molecule is COc1cc(CCC(=O)NNC(=O)c2cc(-c3ccco3)nc3ccccc23)cc(OC)c1OC. The number of furan rings is 1. The first kappa shape index (κ1) is 23.6. The van der Waals surface area contributed by atoms with E-state index in [1.165, 1.54) is 21.3 Å². The highest BCUT2D eigenvalue weighted by atomic mass is 16.5. The largest absolute Gasteiger partial charge is 0.493 e. The predicted molar refractivity (Wildman–Crippen MR) is 129 cm³/mol. The van der Waals surface area contributed by atoms with E-state index < -0.39 is 5.91 Å². The summed E-state index contributed by atoms with van der Waals surface area (Å²) in [5, 5.41) is 0.659. The molecule has 0 aliphatic rings. The van der Waals surface area contributed by atoms with E-state index >= 15 is 0 Å². The monoisotopic (exact) mass is 475 g/mol. The Balaban J connectivity index is 1.44. The molecule has 2 aromatic heterocycles. The molecule has 0 unspecified atom stereocenters. The number of carbonyl (C=O) groups is 2. The minimum absolute atomic E-state index is 0.133. The Hall–Kier alpha value is -4.53. The number of ether oxygens (including phenoxy) is 3. The van der Waals surface area contributed by atoms with Crippen LogP contribution >= 0.6 is 0 Å². The number of hydrogen-bond donors (Lipinski definition) is 2. The molecule has 0 saturated heterocycles. The topological polar surface area (TPSA) is 112 Å². The molecular weight excluding hydrogens is 450 g/mol. The van der Waals surface area contributed by atoms with Crippen LogP contribution < -0.4 is 25.1 Å². The third kappa shape index (κ3) is 5.19. The molecule has 0 spiro atoms. The van der Waals surface area contributed by atoms with Crippen LogP contribution in [0.4, 0.5) is 0 Å². The van der Waals surface area contributed by atoms with E-state index in [1.807, 2.05) is 18.2 Å². The summed E-state index contributed by atoms with van der Waals surface area (Å²) in [6.07, 6.45) is 2.08. The zero-order valence-electron chi connectivity index (χ0n) is 19.6. The number of methoxy groups -OCH3 is 3. The first-order chi connectivity index (χ1) is 17.0. The van der Waals surface area contributed by atoms with Crippen molar-refractivity contribution >= 4 is 22.7 Å². The highest BCUT2D eigenvalue weighted by Crippen LogP contribution is 2.38. The summed E-state index contributed by atoms with van der Waals surface area (Å²) < 4.78 is 21.5. The highest BCUT2D eigenvalue weighted by Gasteiger charge is 2.17. The number of amides is 2. The van der Waals surface area contributed by atoms with Gasteiger partial charge in [-0.15, -0.1) is 0 Å². The second kappa shape index (κ2) is 10.6. The Labute approximate surface area is 202 Å². The van der Waals surface area contributed by atoms with Crippen LogP contribution in [-0.2, 0) is 11.2 Å². The zero-order chi connectivity index (χ0) is 24.8. The molecule has 2 heterocycles. The fourth-order valence-electron chi connectivity index (χ4n) is 3.71. The molecule has 2 aromatic carbocycles. The third-order valence-electron chi connectivity index (χ3n) is 5.42. The highest BCUT2D eigenvalue weighted by molar-refractivity contribution is 6.07. The van der Waals surface area contributed by atoms with Crippen molar-refractivity contribution in [2.75, 3.05) is 21.3 Å². The number of hydrazine groups is 1. The molecule has 0 bridgehead atoms. The van der Waals surface area contributed by atoms with E-state index in [1.54, 1.807) is 42.7 Å². The van der Waals surface area contributed by atoms with Crippen LogP contribution in [0.15, 0.2) is 65.3 Å². The van der Waals surface area contributed by atoms with E-state index in [9.17, 15) is 9.59 Å². The van der Waals surface area contributed by atoms with Crippen LogP contribution in [0.25, 0.3) is 22.4 Å². The van der Waals surface area contributed by atoms with Gasteiger partial charge in [-0.3, -0.25) is 20.4 Å². The Morgan fingerprint density at radius 1 is 0.914 bits per heavy atom. The number of carbonyl (C=O) groups excluding carboxylic acids is 2. The molecule has 0 radical (unpaired) electrons. The van der Waals surface area contributed by atoms with Crippen LogP contribution in [0.5, 0.6) is 17.2 Å². The van der Waals surface area contributed by atoms with Gasteiger partial charge >= 0.3 is 0 Å². The van der Waals surface area contributed by atoms with Crippen LogP contribution in [-0.4, -0.2) is 38.1 Å². The summed E-state index contributed by atoms with van der Waals surface area (Å²) >= 11 is 0. The van der Waals surface area contributed by atoms with Crippen molar-refractivity contribution in [3.63, 3.8) is 0 Å². The molecule has 4 rings (SSSR count). The van der Waals surface area contributed by atoms with Crippen LogP contribution in [0.1, 0.15) is 22.3 Å². The molecule has 180 valence electrons. The van der Waals surface area contributed by atoms with Gasteiger partial charge in [-0.1, -0.05) is 18.2 Å². The van der Waals surface area contributed by atoms with Gasteiger partial charge in [-0.2, -0.15) is 0 Å². The number of rotatable bonds is 8. The predicted octanol–water partition coefficient (Wildman–Crippen LogP) is 3.91. The lowest BCUT2D eigenvalue weighted by molar-refractivity contribution is -0.121. The number of benzene rings is 2. The van der Waals surface area contributed by atoms with E-state index in [0.29, 0.717) is 51.6 Å². The van der Waals surface area contributed by atoms with Gasteiger partial charge in [0.15, 0.2) is 17.3 Å². The van der Waals surface area contributed by atoms with Crippen molar-refractivity contribution in [2.24, 2.45) is 0 Å². The van der Waals surface area contributed by atoms with Gasteiger partial charge in [0.1, 0.15) is 5.69 Å². The average Bonchev–Trinajstić information content (AvgIpc) is 3.44. The van der Waals surface area contributed by atoms with Crippen LogP contribution in [0.2, 0.25) is 0 Å². The molecular formula is C26H25N3O6. The molecule has 9 heteroatoms. The smallest absolute Gasteiger partial charge is 0.270 e. The van der Waals surface area contributed by atoms with Gasteiger partial charge in [-0.05, 0) is 48.4 Å². The zero-order valence-corrected chi connectivity index (χ0v) is 19.6. The number of fused-ring (bicyclic) bond motifs is 1. The molecule has 2 amide bonds. The second-order valence-corrected chi connectivity index (χ2v) is 7.59. The van der Waals surface area contributed by atoms with Gasteiger partial charge in [0, 0.05) is 11.8 Å². The lowest BCUT2D eigenvalue weighted by Crippen LogP contribution is -2.41. The molecule has 4 aromatic rings. The quantitative estimate of drug-likeness (QED) is 0.372.